The molecule has 1 saturated heterocycles. The number of carbonyl (C=O) groups excluding carboxylic acids is 4. The lowest BCUT2D eigenvalue weighted by molar-refractivity contribution is -0.142. The SMILES string of the molecule is CCOC(=O)c1oc2ccc(NC(=O)[C@@H]3[C@H](C4CCCCC4)CCN3C(=O)[C@H]3CC[C@H]([C@@H](CF)NC(=O)OC(C)(C)C)CC3)cc2c1C. The van der Waals surface area contributed by atoms with E-state index in [1.54, 1.807) is 52.8 Å². The molecule has 0 radical (unpaired) electrons. The van der Waals surface area contributed by atoms with Crippen molar-refractivity contribution in [3.63, 3.8) is 0 Å². The van der Waals surface area contributed by atoms with Crippen LogP contribution in [0.25, 0.3) is 11.0 Å². The van der Waals surface area contributed by atoms with E-state index in [2.05, 4.69) is 10.6 Å². The molecule has 0 unspecified atom stereocenters. The highest BCUT2D eigenvalue weighted by Gasteiger charge is 2.47. The molecule has 48 heavy (non-hydrogen) atoms. The van der Waals surface area contributed by atoms with E-state index in [1.807, 2.05) is 4.90 Å². The molecule has 3 fully saturated rings. The van der Waals surface area contributed by atoms with Crippen LogP contribution in [0.5, 0.6) is 0 Å². The van der Waals surface area contributed by atoms with Gasteiger partial charge in [0, 0.05) is 29.1 Å². The Balaban J connectivity index is 1.29. The Bertz CT molecular complexity index is 1470. The first-order chi connectivity index (χ1) is 22.9. The van der Waals surface area contributed by atoms with Crippen LogP contribution < -0.4 is 10.6 Å². The van der Waals surface area contributed by atoms with Crippen molar-refractivity contribution in [1.29, 1.82) is 0 Å². The minimum Gasteiger partial charge on any atom is -0.460 e. The molecule has 11 heteroatoms. The van der Waals surface area contributed by atoms with Crippen LogP contribution in [0.2, 0.25) is 0 Å². The first kappa shape index (κ1) is 35.7. The minimum atomic E-state index is -0.700. The van der Waals surface area contributed by atoms with E-state index in [0.29, 0.717) is 60.4 Å². The van der Waals surface area contributed by atoms with Crippen molar-refractivity contribution < 1.29 is 37.5 Å². The molecule has 1 aromatic carbocycles. The van der Waals surface area contributed by atoms with Gasteiger partial charge in [-0.1, -0.05) is 32.1 Å². The maximum absolute atomic E-state index is 14.2. The summed E-state index contributed by atoms with van der Waals surface area (Å²) in [6.07, 6.45) is 8.13. The van der Waals surface area contributed by atoms with Crippen molar-refractivity contribution in [2.24, 2.45) is 23.7 Å². The second kappa shape index (κ2) is 15.3. The van der Waals surface area contributed by atoms with Gasteiger partial charge in [-0.2, -0.15) is 0 Å². The summed E-state index contributed by atoms with van der Waals surface area (Å²) in [5.74, 6) is -0.472. The fraction of sp³-hybridized carbons (Fsp3) is 0.676. The molecule has 1 aliphatic heterocycles. The average Bonchev–Trinajstić information content (AvgIpc) is 3.65. The van der Waals surface area contributed by atoms with Crippen molar-refractivity contribution in [2.45, 2.75) is 117 Å². The van der Waals surface area contributed by atoms with Gasteiger partial charge < -0.3 is 29.4 Å². The summed E-state index contributed by atoms with van der Waals surface area (Å²) in [7, 11) is 0. The fourth-order valence-electron chi connectivity index (χ4n) is 8.11. The van der Waals surface area contributed by atoms with E-state index in [1.165, 1.54) is 6.42 Å². The lowest BCUT2D eigenvalue weighted by Crippen LogP contribution is -2.50. The Morgan fingerprint density at radius 2 is 1.73 bits per heavy atom. The highest BCUT2D eigenvalue weighted by atomic mass is 19.1. The second-order valence-electron chi connectivity index (χ2n) is 14.8. The van der Waals surface area contributed by atoms with Crippen LogP contribution in [0, 0.1) is 30.6 Å². The monoisotopic (exact) mass is 669 g/mol. The van der Waals surface area contributed by atoms with Gasteiger partial charge in [-0.25, -0.2) is 14.0 Å². The number of furan rings is 1. The largest absolute Gasteiger partial charge is 0.460 e. The number of nitrogens with one attached hydrogen (secondary N) is 2. The van der Waals surface area contributed by atoms with E-state index in [9.17, 15) is 23.6 Å². The molecule has 10 nitrogen and oxygen atoms in total. The molecule has 2 aromatic rings. The lowest BCUT2D eigenvalue weighted by atomic mass is 9.76. The third-order valence-corrected chi connectivity index (χ3v) is 10.5. The van der Waals surface area contributed by atoms with Crippen molar-refractivity contribution in [2.75, 3.05) is 25.1 Å². The van der Waals surface area contributed by atoms with Crippen LogP contribution in [0.3, 0.4) is 0 Å². The van der Waals surface area contributed by atoms with Crippen molar-refractivity contribution in [3.05, 3.63) is 29.5 Å². The molecule has 2 N–H and O–H groups in total. The number of ether oxygens (including phenoxy) is 2. The number of halogens is 1. The molecule has 1 aromatic heterocycles. The zero-order valence-electron chi connectivity index (χ0n) is 29.1. The minimum absolute atomic E-state index is 0.0102. The van der Waals surface area contributed by atoms with Gasteiger partial charge in [0.25, 0.3) is 0 Å². The Hall–Kier alpha value is -3.63. The van der Waals surface area contributed by atoms with E-state index in [-0.39, 0.29) is 41.9 Å². The Morgan fingerprint density at radius 1 is 1.02 bits per heavy atom. The van der Waals surface area contributed by atoms with E-state index in [4.69, 9.17) is 13.9 Å². The fourth-order valence-corrected chi connectivity index (χ4v) is 8.11. The number of likely N-dealkylation sites (tertiary alicyclic amines) is 1. The smallest absolute Gasteiger partial charge is 0.407 e. The number of alkyl carbamates (subject to hydrolysis) is 1. The van der Waals surface area contributed by atoms with E-state index < -0.39 is 36.4 Å². The second-order valence-corrected chi connectivity index (χ2v) is 14.8. The number of anilines is 1. The first-order valence-electron chi connectivity index (χ1n) is 17.8. The van der Waals surface area contributed by atoms with Crippen LogP contribution in [0.4, 0.5) is 14.9 Å². The number of nitrogens with zero attached hydrogens (tertiary/aromatic N) is 1. The number of alkyl halides is 1. The summed E-state index contributed by atoms with van der Waals surface area (Å²) in [4.78, 5) is 54.8. The molecule has 5 rings (SSSR count). The van der Waals surface area contributed by atoms with Gasteiger partial charge in [0.2, 0.25) is 17.6 Å². The summed E-state index contributed by atoms with van der Waals surface area (Å²) >= 11 is 0. The van der Waals surface area contributed by atoms with Crippen LogP contribution in [0.15, 0.2) is 22.6 Å². The quantitative estimate of drug-likeness (QED) is 0.268. The number of hydrogen-bond acceptors (Lipinski definition) is 7. The lowest BCUT2D eigenvalue weighted by Gasteiger charge is -2.37. The van der Waals surface area contributed by atoms with E-state index >= 15 is 0 Å². The highest BCUT2D eigenvalue weighted by molar-refractivity contribution is 6.01. The van der Waals surface area contributed by atoms with Crippen LogP contribution in [-0.4, -0.2) is 66.3 Å². The number of aryl methyl sites for hydroxylation is 1. The normalized spacial score (nSPS) is 24.2. The van der Waals surface area contributed by atoms with Gasteiger partial charge in [-0.3, -0.25) is 9.59 Å². The van der Waals surface area contributed by atoms with Gasteiger partial charge in [0.05, 0.1) is 12.6 Å². The number of hydrogen-bond donors (Lipinski definition) is 2. The standard InChI is InChI=1S/C37H52FN3O7/c1-6-46-35(44)32-22(2)28-20-26(16-17-30(28)47-32)39-33(42)31-27(23-10-8-7-9-11-23)18-19-41(31)34(43)25-14-12-24(13-15-25)29(21-38)40-36(45)48-37(3,4)5/h16-17,20,23-25,27,29,31H,6-15,18-19,21H2,1-5H3,(H,39,42)(H,40,45)/t24-,25-,27-,29+,31-/m0/s1. The summed E-state index contributed by atoms with van der Waals surface area (Å²) < 4.78 is 30.3. The maximum atomic E-state index is 14.2. The van der Waals surface area contributed by atoms with Gasteiger partial charge in [-0.05, 0) is 103 Å². The highest BCUT2D eigenvalue weighted by Crippen LogP contribution is 2.41. The average molecular weight is 670 g/mol. The number of esters is 1. The molecule has 0 bridgehead atoms. The maximum Gasteiger partial charge on any atom is 0.407 e. The molecule has 3 aliphatic rings. The van der Waals surface area contributed by atoms with Crippen LogP contribution in [0.1, 0.15) is 108 Å². The molecule has 0 spiro atoms. The molecular weight excluding hydrogens is 617 g/mol. The number of fused-ring (bicyclic) bond motifs is 1. The van der Waals surface area contributed by atoms with Gasteiger partial charge in [-0.15, -0.1) is 0 Å². The van der Waals surface area contributed by atoms with Crippen molar-refractivity contribution in [1.82, 2.24) is 10.2 Å². The summed E-state index contributed by atoms with van der Waals surface area (Å²) in [5, 5.41) is 6.51. The van der Waals surface area contributed by atoms with E-state index in [0.717, 1.165) is 32.1 Å². The topological polar surface area (TPSA) is 127 Å². The summed E-state index contributed by atoms with van der Waals surface area (Å²) in [6, 6.07) is 4.04. The predicted octanol–water partition coefficient (Wildman–Crippen LogP) is 7.32. The van der Waals surface area contributed by atoms with Crippen LogP contribution >= 0.6 is 0 Å². The number of carbonyl (C=O) groups is 4. The summed E-state index contributed by atoms with van der Waals surface area (Å²) in [6.45, 7) is 8.89. The number of benzene rings is 1. The molecule has 2 saturated carbocycles. The molecule has 2 heterocycles. The molecular formula is C37H52FN3O7. The summed E-state index contributed by atoms with van der Waals surface area (Å²) in [5.41, 5.74) is 1.06. The molecule has 3 amide bonds. The van der Waals surface area contributed by atoms with Gasteiger partial charge in [0.1, 0.15) is 23.9 Å². The number of amides is 3. The zero-order valence-corrected chi connectivity index (χ0v) is 29.1. The van der Waals surface area contributed by atoms with Gasteiger partial charge in [0.15, 0.2) is 0 Å². The molecule has 3 atom stereocenters. The Morgan fingerprint density at radius 3 is 2.38 bits per heavy atom. The predicted molar refractivity (Wildman–Crippen MR) is 180 cm³/mol. The van der Waals surface area contributed by atoms with Crippen molar-refractivity contribution >= 4 is 40.5 Å². The molecule has 264 valence electrons. The van der Waals surface area contributed by atoms with Crippen molar-refractivity contribution in [3.8, 4) is 0 Å². The van der Waals surface area contributed by atoms with Gasteiger partial charge >= 0.3 is 12.1 Å². The Kier molecular flexibility index (Phi) is 11.4. The Labute approximate surface area is 282 Å². The zero-order chi connectivity index (χ0) is 34.6. The molecule has 2 aliphatic carbocycles. The van der Waals surface area contributed by atoms with Crippen LogP contribution in [-0.2, 0) is 19.1 Å². The number of rotatable bonds is 9. The third-order valence-electron chi connectivity index (χ3n) is 10.5. The first-order valence-corrected chi connectivity index (χ1v) is 17.8. The third kappa shape index (κ3) is 8.14.